The third kappa shape index (κ3) is 6.13. The van der Waals surface area contributed by atoms with Gasteiger partial charge in [-0.2, -0.15) is 0 Å². The first-order valence-corrected chi connectivity index (χ1v) is 12.9. The zero-order valence-corrected chi connectivity index (χ0v) is 22.3. The van der Waals surface area contributed by atoms with Crippen LogP contribution in [0.3, 0.4) is 0 Å². The normalized spacial score (nSPS) is 11.6. The van der Waals surface area contributed by atoms with Gasteiger partial charge in [0.2, 0.25) is 11.8 Å². The highest BCUT2D eigenvalue weighted by Crippen LogP contribution is 2.32. The van der Waals surface area contributed by atoms with Gasteiger partial charge in [-0.3, -0.25) is 19.5 Å². The quantitative estimate of drug-likeness (QED) is 0.219. The number of rotatable bonds is 9. The summed E-state index contributed by atoms with van der Waals surface area (Å²) >= 11 is 7.30. The van der Waals surface area contributed by atoms with Gasteiger partial charge in [-0.15, -0.1) is 5.10 Å². The van der Waals surface area contributed by atoms with Crippen LogP contribution in [0.1, 0.15) is 28.9 Å². The number of carbonyl (C=O) groups is 2. The molecule has 1 amide bonds. The van der Waals surface area contributed by atoms with Gasteiger partial charge in [-0.25, -0.2) is 4.68 Å². The predicted octanol–water partition coefficient (Wildman–Crippen LogP) is 5.16. The van der Waals surface area contributed by atoms with Gasteiger partial charge < -0.3 is 10.1 Å². The summed E-state index contributed by atoms with van der Waals surface area (Å²) in [5.74, 6) is -0.563. The fraction of sp³-hybridized carbons (Fsp3) is 0.143. The highest BCUT2D eigenvalue weighted by molar-refractivity contribution is 7.97. The molecule has 194 valence electrons. The number of ketones is 1. The minimum absolute atomic E-state index is 0.0737. The Hall–Kier alpha value is -3.92. The minimum Gasteiger partial charge on any atom is -0.480 e. The first-order valence-electron chi connectivity index (χ1n) is 11.6. The number of ether oxygens (including phenoxy) is 1. The summed E-state index contributed by atoms with van der Waals surface area (Å²) in [6.07, 6.45) is 0.203. The highest BCUT2D eigenvalue weighted by Gasteiger charge is 2.26. The fourth-order valence-corrected chi connectivity index (χ4v) is 4.50. The Kier molecular flexibility index (Phi) is 8.62. The Morgan fingerprint density at radius 1 is 1.05 bits per heavy atom. The summed E-state index contributed by atoms with van der Waals surface area (Å²) < 4.78 is 6.63. The van der Waals surface area contributed by atoms with Crippen LogP contribution in [0.5, 0.6) is 5.88 Å². The van der Waals surface area contributed by atoms with Crippen LogP contribution in [-0.2, 0) is 11.2 Å². The molecule has 1 unspecified atom stereocenters. The molecule has 0 aliphatic carbocycles. The number of amides is 1. The SMILES string of the molecule is COc1nn(C(Cc2ccccc2)C(=O)Nc2ccc(SN)cc2)c(=O)cc1-c1cc(Cl)ccc1C(C)=O. The van der Waals surface area contributed by atoms with Crippen LogP contribution in [0.2, 0.25) is 5.02 Å². The zero-order valence-electron chi connectivity index (χ0n) is 20.7. The molecule has 0 saturated heterocycles. The Labute approximate surface area is 228 Å². The second-order valence-corrected chi connectivity index (χ2v) is 9.58. The van der Waals surface area contributed by atoms with Gasteiger partial charge in [0.25, 0.3) is 5.56 Å². The first kappa shape index (κ1) is 27.1. The Balaban J connectivity index is 1.79. The molecule has 4 rings (SSSR count). The molecule has 38 heavy (non-hydrogen) atoms. The number of nitrogens with zero attached hydrogens (tertiary/aromatic N) is 2. The summed E-state index contributed by atoms with van der Waals surface area (Å²) in [6.45, 7) is 1.42. The topological polar surface area (TPSA) is 116 Å². The standard InChI is InChI=1S/C28H25ClN4O4S/c1-17(34)22-13-8-19(29)15-23(22)24-16-26(35)33(32-28(24)37-2)25(14-18-6-4-3-5-7-18)27(36)31-20-9-11-21(38-30)12-10-20/h3-13,15-16,25H,14,30H2,1-2H3,(H,31,36). The summed E-state index contributed by atoms with van der Waals surface area (Å²) in [7, 11) is 1.40. The van der Waals surface area contributed by atoms with Crippen molar-refractivity contribution < 1.29 is 14.3 Å². The maximum Gasteiger partial charge on any atom is 0.268 e. The summed E-state index contributed by atoms with van der Waals surface area (Å²) in [4.78, 5) is 40.1. The van der Waals surface area contributed by atoms with Gasteiger partial charge in [0, 0.05) is 33.7 Å². The van der Waals surface area contributed by atoms with Gasteiger partial charge in [0.15, 0.2) is 5.78 Å². The number of carbonyl (C=O) groups excluding carboxylic acids is 2. The molecule has 0 saturated carbocycles. The lowest BCUT2D eigenvalue weighted by Crippen LogP contribution is -2.36. The average Bonchev–Trinajstić information content (AvgIpc) is 2.92. The van der Waals surface area contributed by atoms with Gasteiger partial charge in [-0.05, 0) is 72.5 Å². The van der Waals surface area contributed by atoms with Gasteiger partial charge in [0.1, 0.15) is 6.04 Å². The molecule has 8 nitrogen and oxygen atoms in total. The highest BCUT2D eigenvalue weighted by atomic mass is 35.5. The predicted molar refractivity (Wildman–Crippen MR) is 150 cm³/mol. The van der Waals surface area contributed by atoms with E-state index in [0.717, 1.165) is 27.1 Å². The van der Waals surface area contributed by atoms with Crippen LogP contribution in [0, 0.1) is 0 Å². The number of benzene rings is 3. The lowest BCUT2D eigenvalue weighted by atomic mass is 9.98. The lowest BCUT2D eigenvalue weighted by Gasteiger charge is -2.20. The fourth-order valence-electron chi connectivity index (χ4n) is 4.04. The zero-order chi connectivity index (χ0) is 27.2. The third-order valence-corrected chi connectivity index (χ3v) is 6.67. The van der Waals surface area contributed by atoms with Crippen LogP contribution < -0.4 is 20.8 Å². The Morgan fingerprint density at radius 3 is 2.39 bits per heavy atom. The molecular weight excluding hydrogens is 524 g/mol. The van der Waals surface area contributed by atoms with Gasteiger partial charge in [-0.1, -0.05) is 41.9 Å². The summed E-state index contributed by atoms with van der Waals surface area (Å²) in [5, 5.41) is 13.3. The Bertz CT molecular complexity index is 1520. The second-order valence-electron chi connectivity index (χ2n) is 8.43. The van der Waals surface area contributed by atoms with Crippen molar-refractivity contribution in [3.8, 4) is 17.0 Å². The van der Waals surface area contributed by atoms with Gasteiger partial charge >= 0.3 is 0 Å². The molecule has 1 heterocycles. The smallest absolute Gasteiger partial charge is 0.268 e. The molecule has 0 bridgehead atoms. The van der Waals surface area contributed by atoms with E-state index >= 15 is 0 Å². The van der Waals surface area contributed by atoms with Crippen molar-refractivity contribution in [2.75, 3.05) is 12.4 Å². The van der Waals surface area contributed by atoms with E-state index in [1.165, 1.54) is 20.1 Å². The molecule has 0 aliphatic rings. The number of hydrogen-bond donors (Lipinski definition) is 2. The number of hydrogen-bond acceptors (Lipinski definition) is 7. The molecule has 1 aromatic heterocycles. The number of anilines is 1. The first-order chi connectivity index (χ1) is 18.3. The largest absolute Gasteiger partial charge is 0.480 e. The van der Waals surface area contributed by atoms with E-state index in [0.29, 0.717) is 27.4 Å². The minimum atomic E-state index is -0.997. The average molecular weight is 549 g/mol. The van der Waals surface area contributed by atoms with E-state index in [1.807, 2.05) is 30.3 Å². The molecule has 0 spiro atoms. The van der Waals surface area contributed by atoms with Crippen molar-refractivity contribution in [3.63, 3.8) is 0 Å². The molecule has 3 N–H and O–H groups in total. The molecule has 1 atom stereocenters. The molecule has 0 fully saturated rings. The molecule has 4 aromatic rings. The third-order valence-electron chi connectivity index (χ3n) is 5.89. The van der Waals surface area contributed by atoms with Crippen molar-refractivity contribution in [2.24, 2.45) is 5.14 Å². The summed E-state index contributed by atoms with van der Waals surface area (Å²) in [6, 6.07) is 21.4. The number of nitrogens with one attached hydrogen (secondary N) is 1. The van der Waals surface area contributed by atoms with E-state index in [1.54, 1.807) is 42.5 Å². The summed E-state index contributed by atoms with van der Waals surface area (Å²) in [5.41, 5.74) is 1.93. The van der Waals surface area contributed by atoms with Gasteiger partial charge in [0.05, 0.1) is 12.7 Å². The Morgan fingerprint density at radius 2 is 1.76 bits per heavy atom. The lowest BCUT2D eigenvalue weighted by molar-refractivity contribution is -0.119. The number of halogens is 1. The molecular formula is C28H25ClN4O4S. The van der Waals surface area contributed by atoms with E-state index in [4.69, 9.17) is 21.5 Å². The molecule has 3 aromatic carbocycles. The van der Waals surface area contributed by atoms with Crippen LogP contribution in [0.4, 0.5) is 5.69 Å². The van der Waals surface area contributed by atoms with Crippen molar-refractivity contribution in [1.82, 2.24) is 9.78 Å². The van der Waals surface area contributed by atoms with Crippen LogP contribution in [0.15, 0.2) is 88.6 Å². The van der Waals surface area contributed by atoms with Crippen molar-refractivity contribution in [3.05, 3.63) is 105 Å². The number of Topliss-reactive ketones (excluding diaryl/α,β-unsaturated/α-hetero) is 1. The van der Waals surface area contributed by atoms with Crippen molar-refractivity contribution in [1.29, 1.82) is 0 Å². The van der Waals surface area contributed by atoms with Crippen LogP contribution in [0.25, 0.3) is 11.1 Å². The maximum atomic E-state index is 13.5. The van der Waals surface area contributed by atoms with E-state index in [-0.39, 0.29) is 18.1 Å². The van der Waals surface area contributed by atoms with E-state index in [2.05, 4.69) is 10.4 Å². The number of aromatic nitrogens is 2. The maximum absolute atomic E-state index is 13.5. The van der Waals surface area contributed by atoms with Crippen LogP contribution >= 0.6 is 23.5 Å². The molecule has 10 heteroatoms. The monoisotopic (exact) mass is 548 g/mol. The van der Waals surface area contributed by atoms with Crippen LogP contribution in [-0.4, -0.2) is 28.6 Å². The van der Waals surface area contributed by atoms with Crippen molar-refractivity contribution >= 4 is 40.9 Å². The molecule has 0 radical (unpaired) electrons. The number of nitrogens with two attached hydrogens (primary N) is 1. The number of methoxy groups -OCH3 is 1. The van der Waals surface area contributed by atoms with E-state index < -0.39 is 17.5 Å². The second kappa shape index (κ2) is 12.1. The van der Waals surface area contributed by atoms with E-state index in [9.17, 15) is 14.4 Å². The molecule has 0 aliphatic heterocycles. The van der Waals surface area contributed by atoms with Crippen molar-refractivity contribution in [2.45, 2.75) is 24.3 Å².